The molecule has 0 aromatic heterocycles. The van der Waals surface area contributed by atoms with Crippen LogP contribution in [0.15, 0.2) is 0 Å². The Hall–Kier alpha value is 0.137. The minimum Gasteiger partial charge on any atom is -0.394 e. The molecule has 0 saturated heterocycles. The topological polar surface area (TPSA) is 18.5 Å². The Morgan fingerprint density at radius 3 is 1.77 bits per heavy atom. The van der Waals surface area contributed by atoms with Crippen molar-refractivity contribution in [2.24, 2.45) is 0 Å². The fraction of sp³-hybridized carbons (Fsp3) is 1.00. The Morgan fingerprint density at radius 1 is 0.923 bits per heavy atom. The molecule has 0 spiro atoms. The molecule has 0 radical (unpaired) electrons. The zero-order chi connectivity index (χ0) is 10.2. The van der Waals surface area contributed by atoms with Crippen LogP contribution in [0.3, 0.4) is 0 Å². The first-order valence-electron chi connectivity index (χ1n) is 5.52. The van der Waals surface area contributed by atoms with Gasteiger partial charge in [-0.25, -0.2) is 0 Å². The van der Waals surface area contributed by atoms with Crippen molar-refractivity contribution in [3.05, 3.63) is 0 Å². The molecule has 0 amide bonds. The van der Waals surface area contributed by atoms with Crippen LogP contribution in [0.25, 0.3) is 0 Å². The van der Waals surface area contributed by atoms with Gasteiger partial charge in [0.25, 0.3) is 0 Å². The van der Waals surface area contributed by atoms with E-state index < -0.39 is 8.56 Å². The number of unbranched alkanes of at least 4 members (excludes halogenated alkanes) is 1. The molecule has 0 aliphatic heterocycles. The third-order valence-electron chi connectivity index (χ3n) is 2.26. The van der Waals surface area contributed by atoms with Crippen molar-refractivity contribution in [1.29, 1.82) is 0 Å². The molecule has 0 fully saturated rings. The molecule has 0 bridgehead atoms. The van der Waals surface area contributed by atoms with Crippen molar-refractivity contribution in [2.75, 3.05) is 13.2 Å². The van der Waals surface area contributed by atoms with Gasteiger partial charge in [-0.3, -0.25) is 0 Å². The third-order valence-corrected chi connectivity index (χ3v) is 6.09. The van der Waals surface area contributed by atoms with Crippen molar-refractivity contribution < 1.29 is 8.85 Å². The highest BCUT2D eigenvalue weighted by molar-refractivity contribution is 6.67. The molecule has 0 atom stereocenters. The average molecular weight is 204 g/mol. The lowest BCUT2D eigenvalue weighted by atomic mass is 10.4. The highest BCUT2D eigenvalue weighted by Gasteiger charge is 2.33. The molecule has 0 aliphatic rings. The summed E-state index contributed by atoms with van der Waals surface area (Å²) in [4.78, 5) is 0. The summed E-state index contributed by atoms with van der Waals surface area (Å²) in [5, 5.41) is 0. The Labute approximate surface area is 83.9 Å². The molecule has 0 rings (SSSR count). The quantitative estimate of drug-likeness (QED) is 0.565. The van der Waals surface area contributed by atoms with Crippen LogP contribution < -0.4 is 0 Å². The summed E-state index contributed by atoms with van der Waals surface area (Å²) in [6, 6.07) is 2.23. The van der Waals surface area contributed by atoms with Gasteiger partial charge in [0.1, 0.15) is 0 Å². The lowest BCUT2D eigenvalue weighted by Crippen LogP contribution is -2.41. The zero-order valence-corrected chi connectivity index (χ0v) is 10.6. The SMILES string of the molecule is CCCC[Si](CC)(OCC)OCC. The summed E-state index contributed by atoms with van der Waals surface area (Å²) in [5.74, 6) is 0. The lowest BCUT2D eigenvalue weighted by molar-refractivity contribution is 0.182. The minimum atomic E-state index is -1.79. The van der Waals surface area contributed by atoms with Gasteiger partial charge >= 0.3 is 8.56 Å². The number of hydrogen-bond acceptors (Lipinski definition) is 2. The summed E-state index contributed by atoms with van der Waals surface area (Å²) in [6.45, 7) is 10.1. The molecule has 0 aromatic carbocycles. The molecular formula is C10H24O2Si. The summed E-state index contributed by atoms with van der Waals surface area (Å²) >= 11 is 0. The van der Waals surface area contributed by atoms with Gasteiger partial charge in [-0.15, -0.1) is 0 Å². The monoisotopic (exact) mass is 204 g/mol. The van der Waals surface area contributed by atoms with Crippen molar-refractivity contribution in [3.8, 4) is 0 Å². The van der Waals surface area contributed by atoms with E-state index in [9.17, 15) is 0 Å². The van der Waals surface area contributed by atoms with Gasteiger partial charge in [-0.1, -0.05) is 26.7 Å². The summed E-state index contributed by atoms with van der Waals surface area (Å²) in [6.07, 6.45) is 2.47. The normalized spacial score (nSPS) is 12.0. The predicted octanol–water partition coefficient (Wildman–Crippen LogP) is 3.32. The molecule has 80 valence electrons. The Bertz CT molecular complexity index is 111. The zero-order valence-electron chi connectivity index (χ0n) is 9.56. The smallest absolute Gasteiger partial charge is 0.337 e. The molecular weight excluding hydrogens is 180 g/mol. The summed E-state index contributed by atoms with van der Waals surface area (Å²) in [5.41, 5.74) is 0. The van der Waals surface area contributed by atoms with Crippen LogP contribution in [-0.4, -0.2) is 21.8 Å². The fourth-order valence-corrected chi connectivity index (χ4v) is 4.62. The van der Waals surface area contributed by atoms with Crippen molar-refractivity contribution in [1.82, 2.24) is 0 Å². The Kier molecular flexibility index (Phi) is 7.61. The second-order valence-electron chi connectivity index (χ2n) is 3.23. The molecule has 0 aliphatic carbocycles. The Morgan fingerprint density at radius 2 is 1.46 bits per heavy atom. The van der Waals surface area contributed by atoms with E-state index >= 15 is 0 Å². The van der Waals surface area contributed by atoms with E-state index in [-0.39, 0.29) is 0 Å². The van der Waals surface area contributed by atoms with E-state index in [1.54, 1.807) is 0 Å². The van der Waals surface area contributed by atoms with Crippen molar-refractivity contribution >= 4 is 8.56 Å². The lowest BCUT2D eigenvalue weighted by Gasteiger charge is -2.28. The molecule has 13 heavy (non-hydrogen) atoms. The van der Waals surface area contributed by atoms with Crippen LogP contribution >= 0.6 is 0 Å². The first-order valence-corrected chi connectivity index (χ1v) is 7.75. The second-order valence-corrected chi connectivity index (χ2v) is 6.84. The van der Waals surface area contributed by atoms with Crippen LogP contribution in [0.5, 0.6) is 0 Å². The second kappa shape index (κ2) is 7.53. The molecule has 0 N–H and O–H groups in total. The van der Waals surface area contributed by atoms with Gasteiger partial charge in [-0.05, 0) is 25.9 Å². The summed E-state index contributed by atoms with van der Waals surface area (Å²) < 4.78 is 11.7. The van der Waals surface area contributed by atoms with E-state index in [0.29, 0.717) is 0 Å². The number of rotatable bonds is 8. The summed E-state index contributed by atoms with van der Waals surface area (Å²) in [7, 11) is -1.79. The van der Waals surface area contributed by atoms with Gasteiger partial charge in [0.2, 0.25) is 0 Å². The van der Waals surface area contributed by atoms with Crippen LogP contribution in [0.2, 0.25) is 12.1 Å². The molecule has 2 nitrogen and oxygen atoms in total. The maximum atomic E-state index is 5.84. The van der Waals surface area contributed by atoms with Crippen LogP contribution in [0.1, 0.15) is 40.5 Å². The standard InChI is InChI=1S/C10H24O2Si/c1-5-9-10-13(8-4,11-6-2)12-7-3/h5-10H2,1-4H3. The van der Waals surface area contributed by atoms with Crippen molar-refractivity contribution in [3.63, 3.8) is 0 Å². The molecule has 0 heterocycles. The van der Waals surface area contributed by atoms with Gasteiger partial charge < -0.3 is 8.85 Å². The maximum Gasteiger partial charge on any atom is 0.337 e. The highest BCUT2D eigenvalue weighted by atomic mass is 28.4. The first-order chi connectivity index (χ1) is 6.24. The number of hydrogen-bond donors (Lipinski definition) is 0. The average Bonchev–Trinajstić information content (AvgIpc) is 2.15. The maximum absolute atomic E-state index is 5.84. The molecule has 0 unspecified atom stereocenters. The van der Waals surface area contributed by atoms with Gasteiger partial charge in [0.15, 0.2) is 0 Å². The van der Waals surface area contributed by atoms with E-state index in [2.05, 4.69) is 27.7 Å². The van der Waals surface area contributed by atoms with Gasteiger partial charge in [-0.2, -0.15) is 0 Å². The van der Waals surface area contributed by atoms with Gasteiger partial charge in [0, 0.05) is 13.2 Å². The minimum absolute atomic E-state index is 0.795. The van der Waals surface area contributed by atoms with Gasteiger partial charge in [0.05, 0.1) is 0 Å². The molecule has 0 aromatic rings. The largest absolute Gasteiger partial charge is 0.394 e. The Balaban J connectivity index is 4.07. The molecule has 3 heteroatoms. The fourth-order valence-electron chi connectivity index (χ4n) is 1.54. The third kappa shape index (κ3) is 4.79. The van der Waals surface area contributed by atoms with Crippen molar-refractivity contribution in [2.45, 2.75) is 52.6 Å². The van der Waals surface area contributed by atoms with Crippen LogP contribution in [-0.2, 0) is 8.85 Å². The molecule has 0 saturated carbocycles. The van der Waals surface area contributed by atoms with E-state index in [0.717, 1.165) is 25.3 Å². The van der Waals surface area contributed by atoms with E-state index in [1.807, 2.05) is 0 Å². The van der Waals surface area contributed by atoms with E-state index in [4.69, 9.17) is 8.85 Å². The van der Waals surface area contributed by atoms with Crippen LogP contribution in [0.4, 0.5) is 0 Å². The predicted molar refractivity (Wildman–Crippen MR) is 59.2 cm³/mol. The van der Waals surface area contributed by atoms with E-state index in [1.165, 1.54) is 12.8 Å². The first kappa shape index (κ1) is 13.1. The highest BCUT2D eigenvalue weighted by Crippen LogP contribution is 2.21. The van der Waals surface area contributed by atoms with Crippen LogP contribution in [0, 0.1) is 0 Å².